The van der Waals surface area contributed by atoms with E-state index in [1.165, 1.54) is 6.07 Å². The molecule has 0 unspecified atom stereocenters. The fraction of sp³-hybridized carbons (Fsp3) is 0.188. The molecule has 0 aromatic heterocycles. The van der Waals surface area contributed by atoms with Crippen LogP contribution >= 0.6 is 0 Å². The lowest BCUT2D eigenvalue weighted by Gasteiger charge is -2.12. The minimum absolute atomic E-state index is 0.202. The molecule has 0 radical (unpaired) electrons. The van der Waals surface area contributed by atoms with Gasteiger partial charge in [-0.25, -0.2) is 4.39 Å². The van der Waals surface area contributed by atoms with Gasteiger partial charge in [-0.05, 0) is 37.1 Å². The number of benzene rings is 2. The Hall–Kier alpha value is -2.17. The molecule has 0 aliphatic rings. The Morgan fingerprint density at radius 3 is 2.14 bits per heavy atom. The molecular weight excluding hydrogens is 284 g/mol. The van der Waals surface area contributed by atoms with Gasteiger partial charge in [0, 0.05) is 5.56 Å². The Kier molecular flexibility index (Phi) is 3.85. The minimum atomic E-state index is -4.83. The molecular formula is C16H12F4O. The van der Waals surface area contributed by atoms with E-state index in [1.54, 1.807) is 26.0 Å². The molecule has 2 rings (SSSR count). The maximum atomic E-state index is 14.0. The van der Waals surface area contributed by atoms with Crippen LogP contribution in [0, 0.1) is 19.7 Å². The van der Waals surface area contributed by atoms with Crippen molar-refractivity contribution in [2.75, 3.05) is 0 Å². The highest BCUT2D eigenvalue weighted by Gasteiger charge is 2.35. The number of hydrogen-bond acceptors (Lipinski definition) is 1. The van der Waals surface area contributed by atoms with Crippen molar-refractivity contribution in [2.24, 2.45) is 0 Å². The van der Waals surface area contributed by atoms with Crippen molar-refractivity contribution in [2.45, 2.75) is 20.0 Å². The van der Waals surface area contributed by atoms with Gasteiger partial charge in [0.1, 0.15) is 5.82 Å². The number of hydrogen-bond donors (Lipinski definition) is 0. The van der Waals surface area contributed by atoms with Crippen LogP contribution in [0.25, 0.3) is 0 Å². The molecule has 0 spiro atoms. The summed E-state index contributed by atoms with van der Waals surface area (Å²) in [5.41, 5.74) is -0.363. The van der Waals surface area contributed by atoms with E-state index in [0.29, 0.717) is 11.6 Å². The number of alkyl halides is 3. The van der Waals surface area contributed by atoms with Crippen molar-refractivity contribution >= 4 is 5.78 Å². The average molecular weight is 296 g/mol. The zero-order valence-electron chi connectivity index (χ0n) is 11.4. The monoisotopic (exact) mass is 296 g/mol. The Morgan fingerprint density at radius 2 is 1.52 bits per heavy atom. The van der Waals surface area contributed by atoms with Crippen LogP contribution in [0.1, 0.15) is 32.6 Å². The molecule has 0 fully saturated rings. The molecule has 0 saturated heterocycles. The van der Waals surface area contributed by atoms with Gasteiger partial charge in [-0.2, -0.15) is 13.2 Å². The number of halogens is 4. The molecule has 2 aromatic rings. The van der Waals surface area contributed by atoms with E-state index in [0.717, 1.165) is 17.7 Å². The maximum Gasteiger partial charge on any atom is 0.419 e. The van der Waals surface area contributed by atoms with Crippen molar-refractivity contribution in [1.82, 2.24) is 0 Å². The normalized spacial score (nSPS) is 11.5. The Morgan fingerprint density at radius 1 is 0.952 bits per heavy atom. The smallest absolute Gasteiger partial charge is 0.288 e. The van der Waals surface area contributed by atoms with E-state index < -0.39 is 28.9 Å². The van der Waals surface area contributed by atoms with Crippen molar-refractivity contribution in [1.29, 1.82) is 0 Å². The van der Waals surface area contributed by atoms with Crippen LogP contribution in [0.4, 0.5) is 17.6 Å². The number of aryl methyl sites for hydroxylation is 1. The maximum absolute atomic E-state index is 14.0. The molecule has 0 amide bonds. The van der Waals surface area contributed by atoms with Crippen molar-refractivity contribution < 1.29 is 22.4 Å². The minimum Gasteiger partial charge on any atom is -0.288 e. The summed E-state index contributed by atoms with van der Waals surface area (Å²) in [6.07, 6.45) is -4.83. The third-order valence-electron chi connectivity index (χ3n) is 3.40. The van der Waals surface area contributed by atoms with Crippen LogP contribution in [0.5, 0.6) is 0 Å². The van der Waals surface area contributed by atoms with Crippen LogP contribution in [0.3, 0.4) is 0 Å². The highest BCUT2D eigenvalue weighted by atomic mass is 19.4. The first-order chi connectivity index (χ1) is 9.73. The second kappa shape index (κ2) is 5.31. The molecule has 0 bridgehead atoms. The van der Waals surface area contributed by atoms with Gasteiger partial charge in [-0.15, -0.1) is 0 Å². The Bertz CT molecular complexity index is 702. The summed E-state index contributed by atoms with van der Waals surface area (Å²) < 4.78 is 52.1. The first kappa shape index (κ1) is 15.2. The lowest BCUT2D eigenvalue weighted by Crippen LogP contribution is -2.13. The largest absolute Gasteiger partial charge is 0.419 e. The van der Waals surface area contributed by atoms with E-state index in [4.69, 9.17) is 0 Å². The molecule has 21 heavy (non-hydrogen) atoms. The van der Waals surface area contributed by atoms with E-state index >= 15 is 0 Å². The number of carbonyl (C=O) groups is 1. The fourth-order valence-corrected chi connectivity index (χ4v) is 2.07. The SMILES string of the molecule is Cc1cccc(C(=O)c2cccc(C(F)(F)F)c2F)c1C. The van der Waals surface area contributed by atoms with Crippen LogP contribution < -0.4 is 0 Å². The first-order valence-corrected chi connectivity index (χ1v) is 6.20. The van der Waals surface area contributed by atoms with Gasteiger partial charge in [-0.1, -0.05) is 24.3 Å². The van der Waals surface area contributed by atoms with E-state index in [-0.39, 0.29) is 5.56 Å². The highest BCUT2D eigenvalue weighted by molar-refractivity contribution is 6.10. The van der Waals surface area contributed by atoms with Gasteiger partial charge in [0.25, 0.3) is 0 Å². The predicted octanol–water partition coefficient (Wildman–Crippen LogP) is 4.69. The van der Waals surface area contributed by atoms with Crippen LogP contribution in [-0.4, -0.2) is 5.78 Å². The third-order valence-corrected chi connectivity index (χ3v) is 3.40. The predicted molar refractivity (Wildman–Crippen MR) is 70.8 cm³/mol. The molecule has 1 nitrogen and oxygen atoms in total. The standard InChI is InChI=1S/C16H12F4O/c1-9-5-3-6-11(10(9)2)15(21)12-7-4-8-13(14(12)17)16(18,19)20/h3-8H,1-2H3. The number of rotatable bonds is 2. The molecule has 0 aliphatic carbocycles. The van der Waals surface area contributed by atoms with E-state index in [1.807, 2.05) is 0 Å². The van der Waals surface area contributed by atoms with E-state index in [2.05, 4.69) is 0 Å². The van der Waals surface area contributed by atoms with Gasteiger partial charge >= 0.3 is 6.18 Å². The van der Waals surface area contributed by atoms with Gasteiger partial charge in [-0.3, -0.25) is 4.79 Å². The van der Waals surface area contributed by atoms with Crippen LogP contribution in [-0.2, 0) is 6.18 Å². The average Bonchev–Trinajstić information content (AvgIpc) is 2.40. The highest BCUT2D eigenvalue weighted by Crippen LogP contribution is 2.33. The lowest BCUT2D eigenvalue weighted by molar-refractivity contribution is -0.140. The van der Waals surface area contributed by atoms with E-state index in [9.17, 15) is 22.4 Å². The molecule has 0 N–H and O–H groups in total. The van der Waals surface area contributed by atoms with Crippen LogP contribution in [0.15, 0.2) is 36.4 Å². The summed E-state index contributed by atoms with van der Waals surface area (Å²) in [5.74, 6) is -2.28. The van der Waals surface area contributed by atoms with Gasteiger partial charge in [0.15, 0.2) is 5.78 Å². The topological polar surface area (TPSA) is 17.1 Å². The van der Waals surface area contributed by atoms with Crippen molar-refractivity contribution in [3.8, 4) is 0 Å². The van der Waals surface area contributed by atoms with Crippen molar-refractivity contribution in [3.63, 3.8) is 0 Å². The Balaban J connectivity index is 2.57. The third kappa shape index (κ3) is 2.82. The summed E-state index contributed by atoms with van der Waals surface area (Å²) >= 11 is 0. The molecule has 5 heteroatoms. The zero-order valence-corrected chi connectivity index (χ0v) is 11.4. The summed E-state index contributed by atoms with van der Waals surface area (Å²) in [6.45, 7) is 3.45. The summed E-state index contributed by atoms with van der Waals surface area (Å²) in [5, 5.41) is 0. The molecule has 0 saturated carbocycles. The summed E-state index contributed by atoms with van der Waals surface area (Å²) in [7, 11) is 0. The first-order valence-electron chi connectivity index (χ1n) is 6.20. The molecule has 2 aromatic carbocycles. The molecule has 0 heterocycles. The zero-order chi connectivity index (χ0) is 15.8. The second-order valence-corrected chi connectivity index (χ2v) is 4.74. The molecule has 0 atom stereocenters. The summed E-state index contributed by atoms with van der Waals surface area (Å²) in [6, 6.07) is 7.58. The quantitative estimate of drug-likeness (QED) is 0.580. The van der Waals surface area contributed by atoms with Crippen LogP contribution in [0.2, 0.25) is 0 Å². The van der Waals surface area contributed by atoms with Gasteiger partial charge in [0.05, 0.1) is 11.1 Å². The summed E-state index contributed by atoms with van der Waals surface area (Å²) in [4.78, 5) is 12.3. The van der Waals surface area contributed by atoms with Gasteiger partial charge in [0.2, 0.25) is 0 Å². The van der Waals surface area contributed by atoms with Crippen molar-refractivity contribution in [3.05, 3.63) is 70.0 Å². The number of ketones is 1. The fourth-order valence-electron chi connectivity index (χ4n) is 2.07. The Labute approximate surface area is 119 Å². The number of carbonyl (C=O) groups excluding carboxylic acids is 1. The second-order valence-electron chi connectivity index (χ2n) is 4.74. The molecule has 110 valence electrons. The van der Waals surface area contributed by atoms with Gasteiger partial charge < -0.3 is 0 Å². The lowest BCUT2D eigenvalue weighted by atomic mass is 9.95. The molecule has 0 aliphatic heterocycles.